The molecule has 0 aliphatic heterocycles. The highest BCUT2D eigenvalue weighted by molar-refractivity contribution is 6.31. The molecule has 0 saturated carbocycles. The monoisotopic (exact) mass is 255 g/mol. The van der Waals surface area contributed by atoms with Gasteiger partial charge >= 0.3 is 0 Å². The number of nitrogens with one attached hydrogen (secondary N) is 1. The second-order valence-corrected chi connectivity index (χ2v) is 3.66. The van der Waals surface area contributed by atoms with E-state index in [2.05, 4.69) is 5.32 Å². The lowest BCUT2D eigenvalue weighted by Crippen LogP contribution is -2.52. The summed E-state index contributed by atoms with van der Waals surface area (Å²) in [5, 5.41) is 2.47. The largest absolute Gasteiger partial charge is 0.367 e. The average Bonchev–Trinajstić information content (AvgIpc) is 2.24. The normalized spacial score (nSPS) is 10.0. The summed E-state index contributed by atoms with van der Waals surface area (Å²) in [5.74, 6) is -2.70. The summed E-state index contributed by atoms with van der Waals surface area (Å²) >= 11 is 5.69. The van der Waals surface area contributed by atoms with Crippen LogP contribution < -0.4 is 16.8 Å². The second-order valence-electron chi connectivity index (χ2n) is 3.22. The first-order chi connectivity index (χ1) is 7.91. The summed E-state index contributed by atoms with van der Waals surface area (Å²) < 4.78 is 0. The third-order valence-electron chi connectivity index (χ3n) is 1.93. The molecule has 0 aliphatic carbocycles. The molecule has 6 nitrogen and oxygen atoms in total. The lowest BCUT2D eigenvalue weighted by molar-refractivity contribution is -0.128. The molecule has 0 saturated heterocycles. The van der Waals surface area contributed by atoms with Gasteiger partial charge in [0.15, 0.2) is 6.04 Å². The van der Waals surface area contributed by atoms with Gasteiger partial charge in [0.2, 0.25) is 11.8 Å². The van der Waals surface area contributed by atoms with Gasteiger partial charge in [0.05, 0.1) is 0 Å². The fourth-order valence-electron chi connectivity index (χ4n) is 1.13. The number of amides is 3. The Hall–Kier alpha value is -2.08. The van der Waals surface area contributed by atoms with E-state index in [4.69, 9.17) is 23.1 Å². The molecular weight excluding hydrogens is 246 g/mol. The van der Waals surface area contributed by atoms with Gasteiger partial charge in [0.25, 0.3) is 5.91 Å². The Labute approximate surface area is 102 Å². The summed E-state index contributed by atoms with van der Waals surface area (Å²) in [5.41, 5.74) is 10.0. The van der Waals surface area contributed by atoms with Crippen molar-refractivity contribution in [1.82, 2.24) is 5.32 Å². The Bertz CT molecular complexity index is 462. The molecule has 0 heterocycles. The zero-order chi connectivity index (χ0) is 13.0. The summed E-state index contributed by atoms with van der Waals surface area (Å²) in [4.78, 5) is 33.3. The lowest BCUT2D eigenvalue weighted by Gasteiger charge is -2.11. The summed E-state index contributed by atoms with van der Waals surface area (Å²) in [6.45, 7) is 0. The van der Waals surface area contributed by atoms with Crippen molar-refractivity contribution in [3.05, 3.63) is 34.9 Å². The van der Waals surface area contributed by atoms with E-state index in [1.165, 1.54) is 12.1 Å². The molecule has 0 bridgehead atoms. The van der Waals surface area contributed by atoms with Crippen molar-refractivity contribution in [2.24, 2.45) is 11.5 Å². The third kappa shape index (κ3) is 3.46. The minimum absolute atomic E-state index is 0.199. The summed E-state index contributed by atoms with van der Waals surface area (Å²) in [6, 6.07) is 4.45. The van der Waals surface area contributed by atoms with Gasteiger partial charge in [-0.05, 0) is 18.2 Å². The van der Waals surface area contributed by atoms with Crippen molar-refractivity contribution in [2.75, 3.05) is 0 Å². The molecule has 0 atom stereocenters. The van der Waals surface area contributed by atoms with Gasteiger partial charge in [-0.2, -0.15) is 0 Å². The predicted molar refractivity (Wildman–Crippen MR) is 61.1 cm³/mol. The van der Waals surface area contributed by atoms with E-state index in [-0.39, 0.29) is 5.56 Å². The molecule has 0 spiro atoms. The second kappa shape index (κ2) is 5.31. The molecule has 0 aliphatic rings. The molecule has 90 valence electrons. The van der Waals surface area contributed by atoms with Crippen LogP contribution in [0, 0.1) is 0 Å². The number of carbonyl (C=O) groups is 3. The fourth-order valence-corrected chi connectivity index (χ4v) is 1.32. The number of hydrogen-bond acceptors (Lipinski definition) is 3. The van der Waals surface area contributed by atoms with Crippen LogP contribution in [0.25, 0.3) is 0 Å². The van der Waals surface area contributed by atoms with Crippen molar-refractivity contribution in [2.45, 2.75) is 6.04 Å². The highest BCUT2D eigenvalue weighted by atomic mass is 35.5. The Morgan fingerprint density at radius 2 is 1.76 bits per heavy atom. The highest BCUT2D eigenvalue weighted by Crippen LogP contribution is 2.10. The minimum atomic E-state index is -1.54. The fraction of sp³-hybridized carbons (Fsp3) is 0.100. The summed E-state index contributed by atoms with van der Waals surface area (Å²) in [6.07, 6.45) is 0. The van der Waals surface area contributed by atoms with Gasteiger partial charge in [-0.1, -0.05) is 17.7 Å². The maximum atomic E-state index is 11.6. The Kier molecular flexibility index (Phi) is 4.06. The highest BCUT2D eigenvalue weighted by Gasteiger charge is 2.24. The van der Waals surface area contributed by atoms with Crippen LogP contribution >= 0.6 is 11.6 Å². The lowest BCUT2D eigenvalue weighted by atomic mass is 10.2. The van der Waals surface area contributed by atoms with Gasteiger partial charge in [0, 0.05) is 10.6 Å². The van der Waals surface area contributed by atoms with Crippen LogP contribution in [0.1, 0.15) is 10.4 Å². The van der Waals surface area contributed by atoms with Crippen LogP contribution in [0.2, 0.25) is 5.02 Å². The van der Waals surface area contributed by atoms with E-state index in [1.807, 2.05) is 0 Å². The first-order valence-electron chi connectivity index (χ1n) is 4.57. The smallest absolute Gasteiger partial charge is 0.252 e. The van der Waals surface area contributed by atoms with E-state index in [0.717, 1.165) is 0 Å². The minimum Gasteiger partial charge on any atom is -0.367 e. The molecule has 0 unspecified atom stereocenters. The number of hydrogen-bond donors (Lipinski definition) is 3. The van der Waals surface area contributed by atoms with Gasteiger partial charge in [0.1, 0.15) is 0 Å². The predicted octanol–water partition coefficient (Wildman–Crippen LogP) is -0.591. The maximum absolute atomic E-state index is 11.6. The first-order valence-corrected chi connectivity index (χ1v) is 4.94. The Morgan fingerprint density at radius 3 is 2.24 bits per heavy atom. The zero-order valence-corrected chi connectivity index (χ0v) is 9.40. The first kappa shape index (κ1) is 13.0. The van der Waals surface area contributed by atoms with Gasteiger partial charge in [-0.3, -0.25) is 14.4 Å². The van der Waals surface area contributed by atoms with Crippen molar-refractivity contribution in [1.29, 1.82) is 0 Å². The van der Waals surface area contributed by atoms with Crippen molar-refractivity contribution in [3.63, 3.8) is 0 Å². The van der Waals surface area contributed by atoms with E-state index in [0.29, 0.717) is 5.02 Å². The molecule has 0 radical (unpaired) electrons. The van der Waals surface area contributed by atoms with E-state index in [1.54, 1.807) is 12.1 Å². The van der Waals surface area contributed by atoms with Crippen molar-refractivity contribution >= 4 is 29.3 Å². The molecule has 0 fully saturated rings. The van der Waals surface area contributed by atoms with E-state index >= 15 is 0 Å². The maximum Gasteiger partial charge on any atom is 0.252 e. The summed E-state index contributed by atoms with van der Waals surface area (Å²) in [7, 11) is 0. The number of rotatable bonds is 4. The Balaban J connectivity index is 2.85. The van der Waals surface area contributed by atoms with Crippen LogP contribution in [-0.2, 0) is 9.59 Å². The zero-order valence-electron chi connectivity index (χ0n) is 8.64. The SMILES string of the molecule is NC(=O)C(NC(=O)c1cccc(Cl)c1)C(N)=O. The van der Waals surface area contributed by atoms with Gasteiger partial charge in [-0.15, -0.1) is 0 Å². The van der Waals surface area contributed by atoms with E-state index in [9.17, 15) is 14.4 Å². The number of halogens is 1. The topological polar surface area (TPSA) is 115 Å². The van der Waals surface area contributed by atoms with Gasteiger partial charge in [-0.25, -0.2) is 0 Å². The Morgan fingerprint density at radius 1 is 1.18 bits per heavy atom. The van der Waals surface area contributed by atoms with Crippen LogP contribution in [-0.4, -0.2) is 23.8 Å². The quantitative estimate of drug-likeness (QED) is 0.625. The third-order valence-corrected chi connectivity index (χ3v) is 2.17. The molecule has 5 N–H and O–H groups in total. The number of carbonyl (C=O) groups excluding carboxylic acids is 3. The molecule has 1 aromatic carbocycles. The van der Waals surface area contributed by atoms with Crippen molar-refractivity contribution < 1.29 is 14.4 Å². The number of nitrogens with two attached hydrogens (primary N) is 2. The van der Waals surface area contributed by atoms with Crippen LogP contribution in [0.4, 0.5) is 0 Å². The van der Waals surface area contributed by atoms with E-state index < -0.39 is 23.8 Å². The van der Waals surface area contributed by atoms with Crippen LogP contribution in [0.5, 0.6) is 0 Å². The molecule has 17 heavy (non-hydrogen) atoms. The molecule has 7 heteroatoms. The molecule has 0 aromatic heterocycles. The molecular formula is C10H10ClN3O3. The van der Waals surface area contributed by atoms with Crippen LogP contribution in [0.3, 0.4) is 0 Å². The average molecular weight is 256 g/mol. The van der Waals surface area contributed by atoms with Crippen LogP contribution in [0.15, 0.2) is 24.3 Å². The van der Waals surface area contributed by atoms with Gasteiger partial charge < -0.3 is 16.8 Å². The molecule has 1 rings (SSSR count). The standard InChI is InChI=1S/C10H10ClN3O3/c11-6-3-1-2-5(4-6)10(17)14-7(8(12)15)9(13)16/h1-4,7H,(H2,12,15)(H2,13,16)(H,14,17). The molecule has 1 aromatic rings. The number of primary amides is 2. The van der Waals surface area contributed by atoms with Crippen molar-refractivity contribution in [3.8, 4) is 0 Å². The number of benzene rings is 1. The molecule has 3 amide bonds.